The highest BCUT2D eigenvalue weighted by Gasteiger charge is 2.42. The summed E-state index contributed by atoms with van der Waals surface area (Å²) in [5.74, 6) is -5.83. The Labute approximate surface area is 108 Å². The first-order valence-corrected chi connectivity index (χ1v) is 5.54. The van der Waals surface area contributed by atoms with Crippen LogP contribution >= 0.6 is 15.9 Å². The van der Waals surface area contributed by atoms with Gasteiger partial charge in [0.1, 0.15) is 0 Å². The van der Waals surface area contributed by atoms with E-state index in [0.29, 0.717) is 5.56 Å². The van der Waals surface area contributed by atoms with Gasteiger partial charge in [0.2, 0.25) is 0 Å². The lowest BCUT2D eigenvalue weighted by Crippen LogP contribution is -2.33. The molecule has 0 radical (unpaired) electrons. The van der Waals surface area contributed by atoms with Gasteiger partial charge >= 0.3 is 12.3 Å². The summed E-state index contributed by atoms with van der Waals surface area (Å²) in [6.45, 7) is -1.57. The van der Waals surface area contributed by atoms with Gasteiger partial charge in [-0.05, 0) is 27.6 Å². The molecule has 0 saturated carbocycles. The molecule has 2 nitrogen and oxygen atoms in total. The van der Waals surface area contributed by atoms with Crippen LogP contribution in [-0.4, -0.2) is 19.0 Å². The zero-order chi connectivity index (χ0) is 13.9. The zero-order valence-corrected chi connectivity index (χ0v) is 10.5. The zero-order valence-electron chi connectivity index (χ0n) is 8.90. The van der Waals surface area contributed by atoms with Crippen LogP contribution in [0.2, 0.25) is 0 Å². The minimum Gasteiger partial charge on any atom is -0.484 e. The summed E-state index contributed by atoms with van der Waals surface area (Å²) in [4.78, 5) is 0. The summed E-state index contributed by atoms with van der Waals surface area (Å²) >= 11 is 2.87. The number of rotatable bonds is 5. The van der Waals surface area contributed by atoms with Crippen LogP contribution in [0.4, 0.5) is 22.0 Å². The van der Waals surface area contributed by atoms with Crippen molar-refractivity contribution >= 4 is 15.9 Å². The number of halogens is 6. The fourth-order valence-electron chi connectivity index (χ4n) is 1.08. The van der Waals surface area contributed by atoms with E-state index in [0.717, 1.165) is 6.07 Å². The van der Waals surface area contributed by atoms with Crippen molar-refractivity contribution in [3.05, 3.63) is 28.0 Å². The number of hydrogen-bond donors (Lipinski definition) is 1. The van der Waals surface area contributed by atoms with E-state index in [1.54, 1.807) is 0 Å². The fraction of sp³-hybridized carbons (Fsp3) is 0.400. The molecule has 102 valence electrons. The maximum Gasteiger partial charge on any atom is 0.340 e. The first-order valence-electron chi connectivity index (χ1n) is 4.75. The normalized spacial score (nSPS) is 12.0. The van der Waals surface area contributed by atoms with Gasteiger partial charge in [0.05, 0.1) is 4.47 Å². The van der Waals surface area contributed by atoms with E-state index in [4.69, 9.17) is 5.73 Å². The molecular formula is C10H9BrF5NO. The lowest BCUT2D eigenvalue weighted by atomic mass is 10.2. The monoisotopic (exact) mass is 333 g/mol. The second-order valence-electron chi connectivity index (χ2n) is 3.41. The van der Waals surface area contributed by atoms with Crippen molar-refractivity contribution in [1.82, 2.24) is 0 Å². The Hall–Kier alpha value is -0.890. The number of hydrogen-bond acceptors (Lipinski definition) is 2. The molecule has 1 rings (SSSR count). The molecule has 18 heavy (non-hydrogen) atoms. The molecule has 1 aromatic carbocycles. The minimum atomic E-state index is -4.33. The van der Waals surface area contributed by atoms with Crippen molar-refractivity contribution in [1.29, 1.82) is 0 Å². The van der Waals surface area contributed by atoms with Crippen molar-refractivity contribution in [2.75, 3.05) is 6.61 Å². The molecule has 0 unspecified atom stereocenters. The average Bonchev–Trinajstić information content (AvgIpc) is 2.31. The van der Waals surface area contributed by atoms with Crippen molar-refractivity contribution in [2.45, 2.75) is 18.9 Å². The second kappa shape index (κ2) is 5.83. The molecule has 0 heterocycles. The number of nitrogens with two attached hydrogens (primary N) is 1. The molecule has 0 spiro atoms. The maximum atomic E-state index is 13.6. The van der Waals surface area contributed by atoms with Crippen LogP contribution in [0, 0.1) is 5.82 Å². The van der Waals surface area contributed by atoms with Crippen LogP contribution in [0.5, 0.6) is 5.75 Å². The highest BCUT2D eigenvalue weighted by atomic mass is 79.9. The van der Waals surface area contributed by atoms with Crippen molar-refractivity contribution < 1.29 is 26.7 Å². The quantitative estimate of drug-likeness (QED) is 0.839. The third-order valence-electron chi connectivity index (χ3n) is 2.09. The van der Waals surface area contributed by atoms with E-state index < -0.39 is 30.5 Å². The number of ether oxygens (including phenoxy) is 1. The molecule has 0 aliphatic carbocycles. The molecule has 0 aliphatic heterocycles. The van der Waals surface area contributed by atoms with E-state index in [1.807, 2.05) is 0 Å². The van der Waals surface area contributed by atoms with Crippen LogP contribution in [0.25, 0.3) is 0 Å². The topological polar surface area (TPSA) is 35.2 Å². The van der Waals surface area contributed by atoms with Crippen LogP contribution in [-0.2, 0) is 6.54 Å². The van der Waals surface area contributed by atoms with E-state index in [-0.39, 0.29) is 11.0 Å². The van der Waals surface area contributed by atoms with Crippen molar-refractivity contribution in [3.63, 3.8) is 0 Å². The molecule has 0 bridgehead atoms. The highest BCUT2D eigenvalue weighted by molar-refractivity contribution is 9.10. The molecule has 0 atom stereocenters. The first kappa shape index (κ1) is 15.2. The fourth-order valence-corrected chi connectivity index (χ4v) is 1.57. The predicted octanol–water partition coefficient (Wildman–Crippen LogP) is 3.33. The third-order valence-corrected chi connectivity index (χ3v) is 2.94. The van der Waals surface area contributed by atoms with Gasteiger partial charge in [0.15, 0.2) is 18.2 Å². The van der Waals surface area contributed by atoms with Crippen LogP contribution in [0.15, 0.2) is 16.6 Å². The van der Waals surface area contributed by atoms with Gasteiger partial charge in [0.25, 0.3) is 0 Å². The molecule has 0 aliphatic rings. The van der Waals surface area contributed by atoms with E-state index in [1.165, 1.54) is 6.07 Å². The summed E-state index contributed by atoms with van der Waals surface area (Å²) < 4.78 is 66.8. The van der Waals surface area contributed by atoms with E-state index >= 15 is 0 Å². The summed E-state index contributed by atoms with van der Waals surface area (Å²) in [5, 5.41) is 0. The Morgan fingerprint density at radius 3 is 2.44 bits per heavy atom. The number of benzene rings is 1. The summed E-state index contributed by atoms with van der Waals surface area (Å²) in [6, 6.07) is 2.41. The second-order valence-corrected chi connectivity index (χ2v) is 4.20. The molecule has 0 fully saturated rings. The molecule has 0 amide bonds. The van der Waals surface area contributed by atoms with Crippen LogP contribution < -0.4 is 10.5 Å². The Balaban J connectivity index is 2.84. The van der Waals surface area contributed by atoms with Gasteiger partial charge in [-0.25, -0.2) is 13.2 Å². The predicted molar refractivity (Wildman–Crippen MR) is 58.4 cm³/mol. The van der Waals surface area contributed by atoms with Crippen LogP contribution in [0.1, 0.15) is 5.56 Å². The van der Waals surface area contributed by atoms with Gasteiger partial charge in [-0.3, -0.25) is 0 Å². The molecule has 2 N–H and O–H groups in total. The van der Waals surface area contributed by atoms with E-state index in [2.05, 4.69) is 20.7 Å². The van der Waals surface area contributed by atoms with Gasteiger partial charge in [-0.2, -0.15) is 8.78 Å². The Morgan fingerprint density at radius 1 is 1.33 bits per heavy atom. The molecule has 1 aromatic rings. The van der Waals surface area contributed by atoms with Gasteiger partial charge in [-0.1, -0.05) is 6.07 Å². The molecule has 0 saturated heterocycles. The SMILES string of the molecule is NCc1ccc(OCC(F)(F)C(F)F)c(F)c1Br. The summed E-state index contributed by atoms with van der Waals surface area (Å²) in [6.07, 6.45) is -3.87. The minimum absolute atomic E-state index is 0.0327. The van der Waals surface area contributed by atoms with Crippen LogP contribution in [0.3, 0.4) is 0 Å². The standard InChI is InChI=1S/C10H9BrF5NO/c11-7-5(3-17)1-2-6(8(7)12)18-4-10(15,16)9(13)14/h1-2,9H,3-4,17H2. The Bertz CT molecular complexity index is 427. The number of alkyl halides is 4. The van der Waals surface area contributed by atoms with Gasteiger partial charge < -0.3 is 10.5 Å². The summed E-state index contributed by atoms with van der Waals surface area (Å²) in [7, 11) is 0. The average molecular weight is 334 g/mol. The summed E-state index contributed by atoms with van der Waals surface area (Å²) in [5.41, 5.74) is 5.70. The molecule has 8 heteroatoms. The maximum absolute atomic E-state index is 13.6. The smallest absolute Gasteiger partial charge is 0.340 e. The van der Waals surface area contributed by atoms with Gasteiger partial charge in [-0.15, -0.1) is 0 Å². The lowest BCUT2D eigenvalue weighted by Gasteiger charge is -2.17. The van der Waals surface area contributed by atoms with Gasteiger partial charge in [0, 0.05) is 6.54 Å². The largest absolute Gasteiger partial charge is 0.484 e. The highest BCUT2D eigenvalue weighted by Crippen LogP contribution is 2.30. The van der Waals surface area contributed by atoms with E-state index in [9.17, 15) is 22.0 Å². The molecular weight excluding hydrogens is 325 g/mol. The van der Waals surface area contributed by atoms with Crippen molar-refractivity contribution in [2.24, 2.45) is 5.73 Å². The lowest BCUT2D eigenvalue weighted by molar-refractivity contribution is -0.148. The Kier molecular flexibility index (Phi) is 4.92. The molecule has 0 aromatic heterocycles. The Morgan fingerprint density at radius 2 is 1.94 bits per heavy atom. The van der Waals surface area contributed by atoms with Crippen molar-refractivity contribution in [3.8, 4) is 5.75 Å². The first-order chi connectivity index (χ1) is 8.29. The third kappa shape index (κ3) is 3.32.